The maximum atomic E-state index is 13.0. The summed E-state index contributed by atoms with van der Waals surface area (Å²) in [5, 5.41) is 0. The Labute approximate surface area is 168 Å². The number of carbonyl (C=O) groups is 1. The number of hydrogen-bond donors (Lipinski definition) is 0. The molecule has 3 rings (SSSR count). The Morgan fingerprint density at radius 2 is 2.00 bits per heavy atom. The number of benzene rings is 1. The number of likely N-dealkylation sites (tertiary alicyclic amines) is 1. The Kier molecular flexibility index (Phi) is 6.47. The van der Waals surface area contributed by atoms with Crippen molar-refractivity contribution in [3.05, 3.63) is 45.8 Å². The number of rotatable bonds is 6. The normalized spacial score (nSPS) is 17.0. The highest BCUT2D eigenvalue weighted by Crippen LogP contribution is 2.30. The van der Waals surface area contributed by atoms with Gasteiger partial charge >= 0.3 is 0 Å². The van der Waals surface area contributed by atoms with Gasteiger partial charge in [0, 0.05) is 18.2 Å². The highest BCUT2D eigenvalue weighted by atomic mass is 79.9. The van der Waals surface area contributed by atoms with Crippen molar-refractivity contribution in [3.8, 4) is 11.5 Å². The van der Waals surface area contributed by atoms with Gasteiger partial charge in [-0.15, -0.1) is 0 Å². The van der Waals surface area contributed by atoms with Gasteiger partial charge in [-0.3, -0.25) is 4.79 Å². The first-order chi connectivity index (χ1) is 13.0. The van der Waals surface area contributed by atoms with Gasteiger partial charge in [0.2, 0.25) is 0 Å². The van der Waals surface area contributed by atoms with E-state index in [-0.39, 0.29) is 11.9 Å². The number of carbonyl (C=O) groups excluding carboxylic acids is 1. The van der Waals surface area contributed by atoms with Crippen molar-refractivity contribution in [2.45, 2.75) is 45.1 Å². The SMILES string of the molecule is COc1ccc(CCC2CCCCN2C(=O)c2oc(Br)cc2C)cc1OC. The zero-order chi connectivity index (χ0) is 19.4. The van der Waals surface area contributed by atoms with Crippen LogP contribution in [-0.2, 0) is 6.42 Å². The first kappa shape index (κ1) is 19.8. The van der Waals surface area contributed by atoms with E-state index in [0.717, 1.165) is 55.7 Å². The van der Waals surface area contributed by atoms with Gasteiger partial charge in [0.05, 0.1) is 14.2 Å². The Balaban J connectivity index is 1.71. The van der Waals surface area contributed by atoms with Crippen molar-refractivity contribution < 1.29 is 18.7 Å². The summed E-state index contributed by atoms with van der Waals surface area (Å²) in [5.41, 5.74) is 2.05. The molecule has 27 heavy (non-hydrogen) atoms. The summed E-state index contributed by atoms with van der Waals surface area (Å²) in [4.78, 5) is 15.0. The molecule has 1 fully saturated rings. The minimum Gasteiger partial charge on any atom is -0.493 e. The zero-order valence-electron chi connectivity index (χ0n) is 16.1. The van der Waals surface area contributed by atoms with Crippen LogP contribution in [-0.4, -0.2) is 37.6 Å². The van der Waals surface area contributed by atoms with Crippen molar-refractivity contribution >= 4 is 21.8 Å². The molecule has 1 atom stereocenters. The Hall–Kier alpha value is -1.95. The van der Waals surface area contributed by atoms with Gasteiger partial charge in [-0.2, -0.15) is 0 Å². The topological polar surface area (TPSA) is 51.9 Å². The van der Waals surface area contributed by atoms with E-state index in [2.05, 4.69) is 22.0 Å². The predicted octanol–water partition coefficient (Wildman–Crippen LogP) is 5.00. The number of aryl methyl sites for hydroxylation is 2. The molecule has 0 radical (unpaired) electrons. The molecule has 5 nitrogen and oxygen atoms in total. The van der Waals surface area contributed by atoms with Crippen LogP contribution in [0.1, 0.15) is 47.4 Å². The third-order valence-electron chi connectivity index (χ3n) is 5.18. The highest BCUT2D eigenvalue weighted by molar-refractivity contribution is 9.10. The second kappa shape index (κ2) is 8.83. The third kappa shape index (κ3) is 4.49. The lowest BCUT2D eigenvalue weighted by Gasteiger charge is -2.35. The molecule has 1 amide bonds. The average Bonchev–Trinajstić information content (AvgIpc) is 3.03. The molecule has 0 N–H and O–H groups in total. The molecule has 1 aromatic heterocycles. The number of hydrogen-bond acceptors (Lipinski definition) is 4. The fraction of sp³-hybridized carbons (Fsp3) is 0.476. The van der Waals surface area contributed by atoms with E-state index in [1.807, 2.05) is 30.0 Å². The number of nitrogens with zero attached hydrogens (tertiary/aromatic N) is 1. The van der Waals surface area contributed by atoms with Crippen LogP contribution >= 0.6 is 15.9 Å². The van der Waals surface area contributed by atoms with Gasteiger partial charge in [0.15, 0.2) is 21.9 Å². The smallest absolute Gasteiger partial charge is 0.290 e. The Morgan fingerprint density at radius 1 is 1.22 bits per heavy atom. The highest BCUT2D eigenvalue weighted by Gasteiger charge is 2.30. The lowest BCUT2D eigenvalue weighted by molar-refractivity contribution is 0.0567. The maximum Gasteiger partial charge on any atom is 0.290 e. The zero-order valence-corrected chi connectivity index (χ0v) is 17.7. The van der Waals surface area contributed by atoms with Gasteiger partial charge in [-0.05, 0) is 78.7 Å². The summed E-state index contributed by atoms with van der Waals surface area (Å²) in [7, 11) is 3.28. The van der Waals surface area contributed by atoms with Gasteiger partial charge in [-0.25, -0.2) is 0 Å². The van der Waals surface area contributed by atoms with E-state index in [1.54, 1.807) is 14.2 Å². The number of piperidine rings is 1. The van der Waals surface area contributed by atoms with E-state index in [1.165, 1.54) is 5.56 Å². The summed E-state index contributed by atoms with van der Waals surface area (Å²) >= 11 is 3.32. The van der Waals surface area contributed by atoms with E-state index in [0.29, 0.717) is 10.4 Å². The van der Waals surface area contributed by atoms with E-state index < -0.39 is 0 Å². The first-order valence-corrected chi connectivity index (χ1v) is 10.1. The minimum atomic E-state index is -0.00443. The molecule has 1 aliphatic heterocycles. The molecule has 146 valence electrons. The molecular formula is C21H26BrNO4. The van der Waals surface area contributed by atoms with Crippen LogP contribution in [0, 0.1) is 6.92 Å². The van der Waals surface area contributed by atoms with Crippen molar-refractivity contribution in [2.75, 3.05) is 20.8 Å². The molecule has 0 saturated carbocycles. The molecule has 1 unspecified atom stereocenters. The molecular weight excluding hydrogens is 410 g/mol. The van der Waals surface area contributed by atoms with Crippen molar-refractivity contribution in [2.24, 2.45) is 0 Å². The van der Waals surface area contributed by atoms with Gasteiger partial charge < -0.3 is 18.8 Å². The lowest BCUT2D eigenvalue weighted by Crippen LogP contribution is -2.44. The van der Waals surface area contributed by atoms with Crippen LogP contribution in [0.5, 0.6) is 11.5 Å². The van der Waals surface area contributed by atoms with E-state index >= 15 is 0 Å². The molecule has 0 spiro atoms. The molecule has 1 saturated heterocycles. The van der Waals surface area contributed by atoms with Crippen molar-refractivity contribution in [1.82, 2.24) is 4.90 Å². The van der Waals surface area contributed by atoms with Crippen LogP contribution in [0.15, 0.2) is 33.4 Å². The summed E-state index contributed by atoms with van der Waals surface area (Å²) in [6.07, 6.45) is 5.03. The van der Waals surface area contributed by atoms with E-state index in [9.17, 15) is 4.79 Å². The minimum absolute atomic E-state index is 0.00443. The van der Waals surface area contributed by atoms with E-state index in [4.69, 9.17) is 13.9 Å². The first-order valence-electron chi connectivity index (χ1n) is 9.31. The largest absolute Gasteiger partial charge is 0.493 e. The number of furan rings is 1. The van der Waals surface area contributed by atoms with Crippen LogP contribution < -0.4 is 9.47 Å². The van der Waals surface area contributed by atoms with Crippen LogP contribution in [0.3, 0.4) is 0 Å². The Bertz CT molecular complexity index is 801. The molecule has 2 aromatic rings. The van der Waals surface area contributed by atoms with Crippen LogP contribution in [0.25, 0.3) is 0 Å². The average molecular weight is 436 g/mol. The monoisotopic (exact) mass is 435 g/mol. The summed E-state index contributed by atoms with van der Waals surface area (Å²) in [5.74, 6) is 1.91. The number of amides is 1. The van der Waals surface area contributed by atoms with Crippen LogP contribution in [0.2, 0.25) is 0 Å². The lowest BCUT2D eigenvalue weighted by atomic mass is 9.95. The molecule has 0 bridgehead atoms. The summed E-state index contributed by atoms with van der Waals surface area (Å²) in [6.45, 7) is 2.69. The predicted molar refractivity (Wildman–Crippen MR) is 108 cm³/mol. The summed E-state index contributed by atoms with van der Waals surface area (Å²) < 4.78 is 16.9. The third-order valence-corrected chi connectivity index (χ3v) is 5.57. The van der Waals surface area contributed by atoms with Crippen molar-refractivity contribution in [3.63, 3.8) is 0 Å². The summed E-state index contributed by atoms with van der Waals surface area (Å²) in [6, 6.07) is 8.08. The van der Waals surface area contributed by atoms with Gasteiger partial charge in [0.25, 0.3) is 5.91 Å². The number of halogens is 1. The maximum absolute atomic E-state index is 13.0. The number of methoxy groups -OCH3 is 2. The molecule has 1 aliphatic rings. The molecule has 0 aliphatic carbocycles. The second-order valence-corrected chi connectivity index (χ2v) is 7.72. The Morgan fingerprint density at radius 3 is 2.67 bits per heavy atom. The fourth-order valence-electron chi connectivity index (χ4n) is 3.72. The standard InChI is InChI=1S/C21H26BrNO4/c1-14-12-19(22)27-20(14)21(24)23-11-5-4-6-16(23)9-7-15-8-10-17(25-2)18(13-15)26-3/h8,10,12-13,16H,4-7,9,11H2,1-3H3. The molecule has 2 heterocycles. The molecule has 1 aromatic carbocycles. The van der Waals surface area contributed by atoms with Gasteiger partial charge in [0.1, 0.15) is 0 Å². The fourth-order valence-corrected chi connectivity index (χ4v) is 4.23. The quantitative estimate of drug-likeness (QED) is 0.640. The number of ether oxygens (including phenoxy) is 2. The molecule has 6 heteroatoms. The van der Waals surface area contributed by atoms with Crippen LogP contribution in [0.4, 0.5) is 0 Å². The van der Waals surface area contributed by atoms with Crippen molar-refractivity contribution in [1.29, 1.82) is 0 Å². The second-order valence-electron chi connectivity index (χ2n) is 6.94. The van der Waals surface area contributed by atoms with Gasteiger partial charge in [-0.1, -0.05) is 6.07 Å².